The molecule has 0 spiro atoms. The summed E-state index contributed by atoms with van der Waals surface area (Å²) >= 11 is 0. The highest BCUT2D eigenvalue weighted by Crippen LogP contribution is 2.42. The smallest absolute Gasteiger partial charge is 0.294 e. The summed E-state index contributed by atoms with van der Waals surface area (Å²) in [4.78, 5) is 27.1. The minimum Gasteiger partial charge on any atom is -0.503 e. The van der Waals surface area contributed by atoms with Gasteiger partial charge in [-0.3, -0.25) is 14.5 Å². The number of para-hydroxylation sites is 1. The van der Waals surface area contributed by atoms with Crippen LogP contribution in [0.1, 0.15) is 25.5 Å². The second-order valence-corrected chi connectivity index (χ2v) is 6.47. The van der Waals surface area contributed by atoms with E-state index in [2.05, 4.69) is 0 Å². The predicted octanol–water partition coefficient (Wildman–Crippen LogP) is 3.82. The molecule has 1 aliphatic heterocycles. The lowest BCUT2D eigenvalue weighted by Gasteiger charge is -2.27. The number of nitrogens with zero attached hydrogens (tertiary/aromatic N) is 1. The minimum absolute atomic E-state index is 0.127. The Hall–Kier alpha value is -3.08. The van der Waals surface area contributed by atoms with E-state index in [1.807, 2.05) is 24.3 Å². The van der Waals surface area contributed by atoms with Crippen molar-refractivity contribution in [2.45, 2.75) is 19.9 Å². The highest BCUT2D eigenvalue weighted by atomic mass is 16.5. The predicted molar refractivity (Wildman–Crippen MR) is 99.2 cm³/mol. The van der Waals surface area contributed by atoms with Gasteiger partial charge in [0.05, 0.1) is 18.7 Å². The van der Waals surface area contributed by atoms with E-state index in [9.17, 15) is 14.7 Å². The number of carbonyl (C=O) groups is 2. The summed E-state index contributed by atoms with van der Waals surface area (Å²) in [6.07, 6.45) is 0. The monoisotopic (exact) mass is 351 g/mol. The molecule has 0 aromatic heterocycles. The molecule has 1 unspecified atom stereocenters. The van der Waals surface area contributed by atoms with Crippen molar-refractivity contribution in [1.29, 1.82) is 0 Å². The Morgan fingerprint density at radius 2 is 1.81 bits per heavy atom. The molecular formula is C21H21NO4. The number of Topliss-reactive ketones (excluding diaryl/α,β-unsaturated/α-hetero) is 1. The van der Waals surface area contributed by atoms with Crippen molar-refractivity contribution in [3.8, 4) is 5.75 Å². The first-order valence-electron chi connectivity index (χ1n) is 8.45. The summed E-state index contributed by atoms with van der Waals surface area (Å²) in [7, 11) is 1.56. The maximum atomic E-state index is 12.8. The van der Waals surface area contributed by atoms with Gasteiger partial charge in [0.15, 0.2) is 11.5 Å². The summed E-state index contributed by atoms with van der Waals surface area (Å²) < 4.78 is 5.29. The second kappa shape index (κ2) is 7.04. The average Bonchev–Trinajstić information content (AvgIpc) is 2.93. The van der Waals surface area contributed by atoms with Crippen LogP contribution in [0, 0.1) is 5.92 Å². The fourth-order valence-corrected chi connectivity index (χ4v) is 3.15. The van der Waals surface area contributed by atoms with E-state index < -0.39 is 17.7 Å². The van der Waals surface area contributed by atoms with Crippen LogP contribution < -0.4 is 9.64 Å². The fourth-order valence-electron chi connectivity index (χ4n) is 3.15. The molecule has 1 N–H and O–H groups in total. The molecule has 0 fully saturated rings. The van der Waals surface area contributed by atoms with Gasteiger partial charge in [0.25, 0.3) is 5.91 Å². The van der Waals surface area contributed by atoms with Gasteiger partial charge in [0, 0.05) is 11.6 Å². The van der Waals surface area contributed by atoms with Crippen LogP contribution in [0.4, 0.5) is 5.69 Å². The number of rotatable bonds is 5. The van der Waals surface area contributed by atoms with E-state index in [1.54, 1.807) is 51.3 Å². The summed E-state index contributed by atoms with van der Waals surface area (Å²) in [6.45, 7) is 3.50. The lowest BCUT2D eigenvalue weighted by Crippen LogP contribution is -2.31. The molecule has 1 aliphatic rings. The Labute approximate surface area is 152 Å². The van der Waals surface area contributed by atoms with Gasteiger partial charge >= 0.3 is 0 Å². The number of carbonyl (C=O) groups excluding carboxylic acids is 2. The van der Waals surface area contributed by atoms with Crippen LogP contribution in [0.5, 0.6) is 5.75 Å². The van der Waals surface area contributed by atoms with Gasteiger partial charge in [0.2, 0.25) is 0 Å². The molecule has 1 amide bonds. The lowest BCUT2D eigenvalue weighted by atomic mass is 9.91. The van der Waals surface area contributed by atoms with E-state index in [0.29, 0.717) is 17.0 Å². The number of anilines is 1. The molecule has 0 saturated carbocycles. The first-order chi connectivity index (χ1) is 12.5. The Morgan fingerprint density at radius 3 is 2.42 bits per heavy atom. The van der Waals surface area contributed by atoms with Crippen molar-refractivity contribution in [2.75, 3.05) is 12.0 Å². The molecule has 2 aromatic rings. The molecule has 3 rings (SSSR count). The average molecular weight is 351 g/mol. The zero-order valence-corrected chi connectivity index (χ0v) is 15.0. The summed E-state index contributed by atoms with van der Waals surface area (Å²) in [5.41, 5.74) is 1.44. The second-order valence-electron chi connectivity index (χ2n) is 6.47. The number of hydrogen-bond donors (Lipinski definition) is 1. The number of ketones is 1. The summed E-state index contributed by atoms with van der Waals surface area (Å²) in [5, 5.41) is 10.5. The van der Waals surface area contributed by atoms with Gasteiger partial charge in [-0.15, -0.1) is 0 Å². The van der Waals surface area contributed by atoms with Crippen LogP contribution >= 0.6 is 0 Å². The maximum absolute atomic E-state index is 12.8. The van der Waals surface area contributed by atoms with Crippen LogP contribution in [0.15, 0.2) is 65.9 Å². The summed E-state index contributed by atoms with van der Waals surface area (Å²) in [5.74, 6) is -1.04. The number of aliphatic hydroxyl groups is 1. The first-order valence-corrected chi connectivity index (χ1v) is 8.45. The Bertz CT molecular complexity index is 871. The van der Waals surface area contributed by atoms with Crippen molar-refractivity contribution >= 4 is 17.4 Å². The van der Waals surface area contributed by atoms with Crippen molar-refractivity contribution in [3.05, 3.63) is 71.5 Å². The van der Waals surface area contributed by atoms with E-state index >= 15 is 0 Å². The molecule has 0 aliphatic carbocycles. The third-order valence-corrected chi connectivity index (χ3v) is 4.44. The molecule has 5 heteroatoms. The van der Waals surface area contributed by atoms with E-state index in [1.165, 1.54) is 4.90 Å². The SMILES string of the molecule is COc1cccc(C2C(C(=O)C(C)C)=C(O)C(=O)N2c2ccccc2)c1. The number of aliphatic hydroxyl groups excluding tert-OH is 1. The molecule has 0 bridgehead atoms. The first kappa shape index (κ1) is 17.7. The third kappa shape index (κ3) is 2.96. The number of hydrogen-bond acceptors (Lipinski definition) is 4. The standard InChI is InChI=1S/C21H21NO4/c1-13(2)19(23)17-18(14-8-7-11-16(12-14)26-3)22(21(25)20(17)24)15-9-5-4-6-10-15/h4-13,18,24H,1-3H3. The van der Waals surface area contributed by atoms with Gasteiger partial charge in [-0.05, 0) is 29.8 Å². The highest BCUT2D eigenvalue weighted by molar-refractivity contribution is 6.16. The number of amides is 1. The molecule has 134 valence electrons. The minimum atomic E-state index is -0.699. The fraction of sp³-hybridized carbons (Fsp3) is 0.238. The zero-order chi connectivity index (χ0) is 18.8. The van der Waals surface area contributed by atoms with E-state index in [4.69, 9.17) is 4.74 Å². The van der Waals surface area contributed by atoms with Crippen LogP contribution in [-0.4, -0.2) is 23.9 Å². The van der Waals surface area contributed by atoms with E-state index in [0.717, 1.165) is 0 Å². The topological polar surface area (TPSA) is 66.8 Å². The number of benzene rings is 2. The van der Waals surface area contributed by atoms with Gasteiger partial charge in [-0.1, -0.05) is 44.2 Å². The molecule has 5 nitrogen and oxygen atoms in total. The Balaban J connectivity index is 2.19. The van der Waals surface area contributed by atoms with Crippen molar-refractivity contribution < 1.29 is 19.4 Å². The zero-order valence-electron chi connectivity index (χ0n) is 15.0. The van der Waals surface area contributed by atoms with Gasteiger partial charge in [-0.25, -0.2) is 0 Å². The molecular weight excluding hydrogens is 330 g/mol. The van der Waals surface area contributed by atoms with Crippen LogP contribution in [-0.2, 0) is 9.59 Å². The highest BCUT2D eigenvalue weighted by Gasteiger charge is 2.44. The molecule has 2 aromatic carbocycles. The maximum Gasteiger partial charge on any atom is 0.294 e. The number of ether oxygens (including phenoxy) is 1. The summed E-state index contributed by atoms with van der Waals surface area (Å²) in [6, 6.07) is 15.5. The van der Waals surface area contributed by atoms with Crippen molar-refractivity contribution in [1.82, 2.24) is 0 Å². The molecule has 0 radical (unpaired) electrons. The van der Waals surface area contributed by atoms with Crippen LogP contribution in [0.3, 0.4) is 0 Å². The van der Waals surface area contributed by atoms with Gasteiger partial charge < -0.3 is 9.84 Å². The normalized spacial score (nSPS) is 17.2. The van der Waals surface area contributed by atoms with Crippen LogP contribution in [0.25, 0.3) is 0 Å². The number of methoxy groups -OCH3 is 1. The van der Waals surface area contributed by atoms with Gasteiger partial charge in [0.1, 0.15) is 5.75 Å². The Kier molecular flexibility index (Phi) is 4.80. The molecule has 26 heavy (non-hydrogen) atoms. The van der Waals surface area contributed by atoms with Crippen molar-refractivity contribution in [3.63, 3.8) is 0 Å². The third-order valence-electron chi connectivity index (χ3n) is 4.44. The molecule has 0 saturated heterocycles. The van der Waals surface area contributed by atoms with Crippen LogP contribution in [0.2, 0.25) is 0 Å². The largest absolute Gasteiger partial charge is 0.503 e. The Morgan fingerprint density at radius 1 is 1.12 bits per heavy atom. The van der Waals surface area contributed by atoms with Crippen molar-refractivity contribution in [2.24, 2.45) is 5.92 Å². The quantitative estimate of drug-likeness (QED) is 0.889. The molecule has 1 atom stereocenters. The lowest BCUT2D eigenvalue weighted by molar-refractivity contribution is -0.119. The molecule has 1 heterocycles. The van der Waals surface area contributed by atoms with Gasteiger partial charge in [-0.2, -0.15) is 0 Å². The van der Waals surface area contributed by atoms with E-state index in [-0.39, 0.29) is 17.3 Å².